The van der Waals surface area contributed by atoms with E-state index in [1.807, 2.05) is 58.0 Å². The molecule has 3 aromatic rings. The van der Waals surface area contributed by atoms with E-state index in [0.717, 1.165) is 16.7 Å². The van der Waals surface area contributed by atoms with E-state index in [1.54, 1.807) is 17.0 Å². The molecule has 190 valence electrons. The molecule has 36 heavy (non-hydrogen) atoms. The summed E-state index contributed by atoms with van der Waals surface area (Å²) in [4.78, 5) is 28.8. The number of carbonyl (C=O) groups is 2. The van der Waals surface area contributed by atoms with Crippen molar-refractivity contribution in [1.29, 1.82) is 0 Å². The third kappa shape index (κ3) is 8.83. The number of hydrogen-bond donors (Lipinski definition) is 1. The summed E-state index contributed by atoms with van der Waals surface area (Å²) < 4.78 is 13.5. The van der Waals surface area contributed by atoms with Gasteiger partial charge in [-0.2, -0.15) is 0 Å². The van der Waals surface area contributed by atoms with Crippen LogP contribution in [-0.2, 0) is 28.3 Å². The van der Waals surface area contributed by atoms with Gasteiger partial charge >= 0.3 is 0 Å². The highest BCUT2D eigenvalue weighted by Crippen LogP contribution is 2.19. The van der Waals surface area contributed by atoms with Crippen molar-refractivity contribution in [2.45, 2.75) is 58.0 Å². The molecule has 0 saturated heterocycles. The van der Waals surface area contributed by atoms with Crippen LogP contribution in [0.5, 0.6) is 0 Å². The fourth-order valence-electron chi connectivity index (χ4n) is 3.82. The number of nitrogens with zero attached hydrogens (tertiary/aromatic N) is 1. The molecule has 4 nitrogen and oxygen atoms in total. The van der Waals surface area contributed by atoms with Gasteiger partial charge in [-0.05, 0) is 56.5 Å². The SMILES string of the molecule is Cc1ccc(CSCC(=O)N(Cc2ccc(F)cc2)[C@@H](Cc2ccccc2)C(=O)NC(C)(C)C)cc1. The predicted octanol–water partition coefficient (Wildman–Crippen LogP) is 5.92. The number of carbonyl (C=O) groups excluding carboxylic acids is 2. The molecule has 0 spiro atoms. The highest BCUT2D eigenvalue weighted by atomic mass is 32.2. The van der Waals surface area contributed by atoms with Gasteiger partial charge in [-0.25, -0.2) is 4.39 Å². The van der Waals surface area contributed by atoms with Gasteiger partial charge in [0.15, 0.2) is 0 Å². The van der Waals surface area contributed by atoms with Crippen molar-refractivity contribution in [2.24, 2.45) is 0 Å². The van der Waals surface area contributed by atoms with Gasteiger partial charge in [-0.15, -0.1) is 11.8 Å². The number of aryl methyl sites for hydroxylation is 1. The average molecular weight is 507 g/mol. The molecule has 0 radical (unpaired) electrons. The van der Waals surface area contributed by atoms with Crippen LogP contribution in [0.15, 0.2) is 78.9 Å². The lowest BCUT2D eigenvalue weighted by Gasteiger charge is -2.34. The zero-order chi connectivity index (χ0) is 26.1. The van der Waals surface area contributed by atoms with Gasteiger partial charge < -0.3 is 10.2 Å². The van der Waals surface area contributed by atoms with Crippen molar-refractivity contribution in [3.05, 3.63) is 107 Å². The van der Waals surface area contributed by atoms with E-state index in [2.05, 4.69) is 29.6 Å². The van der Waals surface area contributed by atoms with Crippen molar-refractivity contribution >= 4 is 23.6 Å². The number of thioether (sulfide) groups is 1. The molecule has 3 aromatic carbocycles. The van der Waals surface area contributed by atoms with Crippen molar-refractivity contribution in [3.63, 3.8) is 0 Å². The van der Waals surface area contributed by atoms with E-state index in [9.17, 15) is 14.0 Å². The maximum absolute atomic E-state index is 13.6. The Morgan fingerprint density at radius 1 is 0.889 bits per heavy atom. The lowest BCUT2D eigenvalue weighted by Crippen LogP contribution is -2.54. The number of hydrogen-bond acceptors (Lipinski definition) is 3. The van der Waals surface area contributed by atoms with Crippen LogP contribution in [0, 0.1) is 12.7 Å². The molecule has 0 fully saturated rings. The Morgan fingerprint density at radius 3 is 2.11 bits per heavy atom. The van der Waals surface area contributed by atoms with E-state index in [-0.39, 0.29) is 29.9 Å². The topological polar surface area (TPSA) is 49.4 Å². The normalized spacial score (nSPS) is 12.1. The summed E-state index contributed by atoms with van der Waals surface area (Å²) >= 11 is 1.53. The summed E-state index contributed by atoms with van der Waals surface area (Å²) in [6, 6.07) is 23.3. The van der Waals surface area contributed by atoms with E-state index in [1.165, 1.54) is 29.5 Å². The molecule has 0 unspecified atom stereocenters. The van der Waals surface area contributed by atoms with E-state index < -0.39 is 11.6 Å². The quantitative estimate of drug-likeness (QED) is 0.371. The number of halogens is 1. The molecule has 0 aromatic heterocycles. The fraction of sp³-hybridized carbons (Fsp3) is 0.333. The minimum atomic E-state index is -0.704. The number of rotatable bonds is 10. The minimum absolute atomic E-state index is 0.124. The second-order valence-electron chi connectivity index (χ2n) is 10.1. The summed E-state index contributed by atoms with van der Waals surface area (Å²) in [6.45, 7) is 8.04. The third-order valence-corrected chi connectivity index (χ3v) is 6.64. The standard InChI is InChI=1S/C30H35FN2O2S/c1-22-10-12-25(13-11-22)20-36-21-28(34)33(19-24-14-16-26(31)17-15-24)27(29(35)32-30(2,3)4)18-23-8-6-5-7-9-23/h5-17,27H,18-21H2,1-4H3,(H,32,35)/t27-/m0/s1. The van der Waals surface area contributed by atoms with Gasteiger partial charge in [-0.1, -0.05) is 72.3 Å². The van der Waals surface area contributed by atoms with E-state index >= 15 is 0 Å². The van der Waals surface area contributed by atoms with Gasteiger partial charge in [0.2, 0.25) is 11.8 Å². The van der Waals surface area contributed by atoms with Crippen LogP contribution >= 0.6 is 11.8 Å². The van der Waals surface area contributed by atoms with Gasteiger partial charge in [0.1, 0.15) is 11.9 Å². The molecular weight excluding hydrogens is 471 g/mol. The first-order valence-electron chi connectivity index (χ1n) is 12.1. The van der Waals surface area contributed by atoms with Gasteiger partial charge in [-0.3, -0.25) is 9.59 Å². The summed E-state index contributed by atoms with van der Waals surface area (Å²) in [5.41, 5.74) is 3.64. The van der Waals surface area contributed by atoms with Crippen molar-refractivity contribution in [3.8, 4) is 0 Å². The summed E-state index contributed by atoms with van der Waals surface area (Å²) in [5.74, 6) is 0.278. The van der Waals surface area contributed by atoms with Gasteiger partial charge in [0.05, 0.1) is 5.75 Å². The lowest BCUT2D eigenvalue weighted by molar-refractivity contribution is -0.140. The average Bonchev–Trinajstić information content (AvgIpc) is 2.83. The number of nitrogens with one attached hydrogen (secondary N) is 1. The summed E-state index contributed by atoms with van der Waals surface area (Å²) in [6.07, 6.45) is 0.387. The summed E-state index contributed by atoms with van der Waals surface area (Å²) in [5, 5.41) is 3.06. The van der Waals surface area contributed by atoms with Gasteiger partial charge in [0, 0.05) is 24.3 Å². The van der Waals surface area contributed by atoms with Crippen LogP contribution in [0.2, 0.25) is 0 Å². The molecule has 0 saturated carbocycles. The van der Waals surface area contributed by atoms with E-state index in [0.29, 0.717) is 12.2 Å². The Bertz CT molecular complexity index is 1130. The highest BCUT2D eigenvalue weighted by Gasteiger charge is 2.32. The molecule has 1 atom stereocenters. The molecule has 6 heteroatoms. The molecular formula is C30H35FN2O2S. The smallest absolute Gasteiger partial charge is 0.243 e. The summed E-state index contributed by atoms with van der Waals surface area (Å²) in [7, 11) is 0. The Hall–Kier alpha value is -3.12. The highest BCUT2D eigenvalue weighted by molar-refractivity contribution is 7.99. The Labute approximate surface area is 218 Å². The first-order valence-corrected chi connectivity index (χ1v) is 13.3. The molecule has 0 aliphatic carbocycles. The third-order valence-electron chi connectivity index (χ3n) is 5.65. The Morgan fingerprint density at radius 2 is 1.50 bits per heavy atom. The van der Waals surface area contributed by atoms with Crippen molar-refractivity contribution < 1.29 is 14.0 Å². The Kier molecular flexibility index (Phi) is 9.71. The van der Waals surface area contributed by atoms with Crippen molar-refractivity contribution in [1.82, 2.24) is 10.2 Å². The maximum atomic E-state index is 13.6. The zero-order valence-corrected chi connectivity index (χ0v) is 22.3. The zero-order valence-electron chi connectivity index (χ0n) is 21.5. The predicted molar refractivity (Wildman–Crippen MR) is 146 cm³/mol. The number of amides is 2. The first kappa shape index (κ1) is 27.5. The molecule has 0 aliphatic heterocycles. The van der Waals surface area contributed by atoms with Crippen LogP contribution in [0.1, 0.15) is 43.0 Å². The molecule has 0 heterocycles. The number of benzene rings is 3. The van der Waals surface area contributed by atoms with Crippen molar-refractivity contribution in [2.75, 3.05) is 5.75 Å². The second-order valence-corrected chi connectivity index (χ2v) is 11.1. The molecule has 0 bridgehead atoms. The molecule has 1 N–H and O–H groups in total. The monoisotopic (exact) mass is 506 g/mol. The second kappa shape index (κ2) is 12.7. The minimum Gasteiger partial charge on any atom is -0.350 e. The maximum Gasteiger partial charge on any atom is 0.243 e. The lowest BCUT2D eigenvalue weighted by atomic mass is 10.0. The van der Waals surface area contributed by atoms with E-state index in [4.69, 9.17) is 0 Å². The van der Waals surface area contributed by atoms with Crippen LogP contribution in [-0.4, -0.2) is 34.0 Å². The Balaban J connectivity index is 1.85. The fourth-order valence-corrected chi connectivity index (χ4v) is 4.69. The molecule has 0 aliphatic rings. The van der Waals surface area contributed by atoms with Crippen LogP contribution in [0.25, 0.3) is 0 Å². The van der Waals surface area contributed by atoms with Crippen LogP contribution < -0.4 is 5.32 Å². The largest absolute Gasteiger partial charge is 0.350 e. The van der Waals surface area contributed by atoms with Gasteiger partial charge in [0.25, 0.3) is 0 Å². The van der Waals surface area contributed by atoms with Crippen LogP contribution in [0.3, 0.4) is 0 Å². The molecule has 3 rings (SSSR count). The first-order chi connectivity index (χ1) is 17.1. The van der Waals surface area contributed by atoms with Crippen LogP contribution in [0.4, 0.5) is 4.39 Å². The molecule has 2 amide bonds.